The lowest BCUT2D eigenvalue weighted by atomic mass is 10.1. The van der Waals surface area contributed by atoms with Gasteiger partial charge in [-0.1, -0.05) is 6.07 Å². The Morgan fingerprint density at radius 3 is 2.47 bits per heavy atom. The summed E-state index contributed by atoms with van der Waals surface area (Å²) in [6.45, 7) is 6.40. The SMILES string of the molecule is Cc1cnc(Cn2ccc(C)c(C(=O)N3CCN(c4ccccn4)CC3)c2=O)cn1. The molecule has 0 unspecified atom stereocenters. The maximum Gasteiger partial charge on any atom is 0.264 e. The molecule has 0 aliphatic carbocycles. The van der Waals surface area contributed by atoms with Gasteiger partial charge in [-0.3, -0.25) is 19.6 Å². The first-order valence-electron chi connectivity index (χ1n) is 9.96. The zero-order valence-electron chi connectivity index (χ0n) is 17.2. The van der Waals surface area contributed by atoms with Gasteiger partial charge in [0.05, 0.1) is 24.1 Å². The van der Waals surface area contributed by atoms with E-state index in [2.05, 4.69) is 19.9 Å². The van der Waals surface area contributed by atoms with Crippen LogP contribution in [0.3, 0.4) is 0 Å². The molecule has 8 heteroatoms. The minimum absolute atomic E-state index is 0.220. The normalized spacial score (nSPS) is 14.1. The average Bonchev–Trinajstić information content (AvgIpc) is 2.78. The van der Waals surface area contributed by atoms with E-state index in [1.165, 1.54) is 4.57 Å². The Balaban J connectivity index is 1.51. The largest absolute Gasteiger partial charge is 0.353 e. The van der Waals surface area contributed by atoms with Crippen molar-refractivity contribution in [1.82, 2.24) is 24.4 Å². The second-order valence-corrected chi connectivity index (χ2v) is 7.42. The first-order valence-corrected chi connectivity index (χ1v) is 9.96. The van der Waals surface area contributed by atoms with Crippen LogP contribution < -0.4 is 10.5 Å². The lowest BCUT2D eigenvalue weighted by Crippen LogP contribution is -2.50. The molecule has 0 N–H and O–H groups in total. The van der Waals surface area contributed by atoms with Crippen LogP contribution in [0.2, 0.25) is 0 Å². The van der Waals surface area contributed by atoms with Crippen molar-refractivity contribution in [3.63, 3.8) is 0 Å². The average molecular weight is 404 g/mol. The molecule has 0 bridgehead atoms. The number of hydrogen-bond acceptors (Lipinski definition) is 6. The van der Waals surface area contributed by atoms with Crippen LogP contribution in [0.4, 0.5) is 5.82 Å². The van der Waals surface area contributed by atoms with Crippen LogP contribution in [-0.2, 0) is 6.54 Å². The topological polar surface area (TPSA) is 84.2 Å². The van der Waals surface area contributed by atoms with Crippen molar-refractivity contribution in [2.24, 2.45) is 0 Å². The number of aromatic nitrogens is 4. The van der Waals surface area contributed by atoms with E-state index in [1.54, 1.807) is 42.7 Å². The van der Waals surface area contributed by atoms with E-state index >= 15 is 0 Å². The summed E-state index contributed by atoms with van der Waals surface area (Å²) in [7, 11) is 0. The number of amides is 1. The highest BCUT2D eigenvalue weighted by Crippen LogP contribution is 2.15. The lowest BCUT2D eigenvalue weighted by Gasteiger charge is -2.35. The molecule has 0 atom stereocenters. The molecule has 0 spiro atoms. The van der Waals surface area contributed by atoms with Crippen LogP contribution in [0.5, 0.6) is 0 Å². The van der Waals surface area contributed by atoms with Crippen molar-refractivity contribution in [2.45, 2.75) is 20.4 Å². The number of anilines is 1. The molecule has 1 fully saturated rings. The van der Waals surface area contributed by atoms with E-state index in [0.717, 1.165) is 11.5 Å². The van der Waals surface area contributed by atoms with Crippen molar-refractivity contribution in [2.75, 3.05) is 31.1 Å². The Morgan fingerprint density at radius 1 is 1.00 bits per heavy atom. The molecule has 3 aromatic heterocycles. The van der Waals surface area contributed by atoms with Crippen LogP contribution in [0, 0.1) is 13.8 Å². The summed E-state index contributed by atoms with van der Waals surface area (Å²) in [6, 6.07) is 7.61. The Labute approximate surface area is 174 Å². The first-order chi connectivity index (χ1) is 14.5. The number of pyridine rings is 2. The fourth-order valence-corrected chi connectivity index (χ4v) is 3.56. The van der Waals surface area contributed by atoms with Gasteiger partial charge >= 0.3 is 0 Å². The molecule has 154 valence electrons. The summed E-state index contributed by atoms with van der Waals surface area (Å²) < 4.78 is 1.52. The van der Waals surface area contributed by atoms with Gasteiger partial charge in [0.2, 0.25) is 0 Å². The second-order valence-electron chi connectivity index (χ2n) is 7.42. The van der Waals surface area contributed by atoms with Crippen LogP contribution >= 0.6 is 0 Å². The van der Waals surface area contributed by atoms with Gasteiger partial charge in [0.15, 0.2) is 0 Å². The molecule has 3 aromatic rings. The molecule has 1 aliphatic rings. The van der Waals surface area contributed by atoms with Gasteiger partial charge in [-0.25, -0.2) is 4.98 Å². The quantitative estimate of drug-likeness (QED) is 0.658. The number of carbonyl (C=O) groups is 1. The predicted molar refractivity (Wildman–Crippen MR) is 114 cm³/mol. The minimum atomic E-state index is -0.297. The van der Waals surface area contributed by atoms with Gasteiger partial charge in [0, 0.05) is 44.8 Å². The van der Waals surface area contributed by atoms with Crippen LogP contribution in [0.1, 0.15) is 27.3 Å². The minimum Gasteiger partial charge on any atom is -0.353 e. The van der Waals surface area contributed by atoms with Crippen LogP contribution in [0.15, 0.2) is 53.8 Å². The molecule has 1 saturated heterocycles. The van der Waals surface area contributed by atoms with E-state index in [4.69, 9.17) is 0 Å². The molecule has 0 saturated carbocycles. The van der Waals surface area contributed by atoms with E-state index in [-0.39, 0.29) is 23.6 Å². The zero-order valence-corrected chi connectivity index (χ0v) is 17.2. The van der Waals surface area contributed by atoms with Crippen molar-refractivity contribution in [3.05, 3.63) is 81.9 Å². The number of hydrogen-bond donors (Lipinski definition) is 0. The third-order valence-corrected chi connectivity index (χ3v) is 5.29. The third kappa shape index (κ3) is 4.07. The van der Waals surface area contributed by atoms with Gasteiger partial charge in [0.25, 0.3) is 11.5 Å². The Kier molecular flexibility index (Phi) is 5.56. The van der Waals surface area contributed by atoms with Crippen LogP contribution in [-0.4, -0.2) is 56.5 Å². The van der Waals surface area contributed by atoms with Crippen LogP contribution in [0.25, 0.3) is 0 Å². The molecular weight excluding hydrogens is 380 g/mol. The van der Waals surface area contributed by atoms with Gasteiger partial charge in [-0.05, 0) is 37.6 Å². The Morgan fingerprint density at radius 2 is 1.80 bits per heavy atom. The van der Waals surface area contributed by atoms with E-state index in [9.17, 15) is 9.59 Å². The van der Waals surface area contributed by atoms with E-state index in [1.807, 2.05) is 25.1 Å². The third-order valence-electron chi connectivity index (χ3n) is 5.29. The molecule has 1 aliphatic heterocycles. The predicted octanol–water partition coefficient (Wildman–Crippen LogP) is 1.66. The molecular formula is C22H24N6O2. The number of rotatable bonds is 4. The summed E-state index contributed by atoms with van der Waals surface area (Å²) in [6.07, 6.45) is 6.79. The van der Waals surface area contributed by atoms with E-state index < -0.39 is 0 Å². The number of carbonyl (C=O) groups excluding carboxylic acids is 1. The molecule has 8 nitrogen and oxygen atoms in total. The summed E-state index contributed by atoms with van der Waals surface area (Å²) in [5.41, 5.74) is 2.10. The van der Waals surface area contributed by atoms with Gasteiger partial charge in [0.1, 0.15) is 11.4 Å². The summed E-state index contributed by atoms with van der Waals surface area (Å²) in [5, 5.41) is 0. The number of nitrogens with zero attached hydrogens (tertiary/aromatic N) is 6. The Hall–Kier alpha value is -3.55. The Bertz CT molecular complexity index is 1090. The highest BCUT2D eigenvalue weighted by atomic mass is 16.2. The standard InChI is InChI=1S/C22H24N6O2/c1-16-6-8-28(15-18-14-24-17(2)13-25-18)22(30)20(16)21(29)27-11-9-26(10-12-27)19-5-3-4-7-23-19/h3-8,13-14H,9-12,15H2,1-2H3. The fraction of sp³-hybridized carbons (Fsp3) is 0.318. The van der Waals surface area contributed by atoms with Crippen molar-refractivity contribution in [1.29, 1.82) is 0 Å². The van der Waals surface area contributed by atoms with Crippen molar-refractivity contribution < 1.29 is 4.79 Å². The molecule has 30 heavy (non-hydrogen) atoms. The highest BCUT2D eigenvalue weighted by Gasteiger charge is 2.26. The van der Waals surface area contributed by atoms with Gasteiger partial charge in [-0.15, -0.1) is 0 Å². The number of aryl methyl sites for hydroxylation is 2. The van der Waals surface area contributed by atoms with E-state index in [0.29, 0.717) is 37.4 Å². The first kappa shape index (κ1) is 19.8. The second kappa shape index (κ2) is 8.44. The molecule has 0 aromatic carbocycles. The summed E-state index contributed by atoms with van der Waals surface area (Å²) in [5.74, 6) is 0.685. The number of piperazine rings is 1. The van der Waals surface area contributed by atoms with Crippen molar-refractivity contribution >= 4 is 11.7 Å². The lowest BCUT2D eigenvalue weighted by molar-refractivity contribution is 0.0743. The van der Waals surface area contributed by atoms with Gasteiger partial charge in [-0.2, -0.15) is 0 Å². The maximum atomic E-state index is 13.2. The monoisotopic (exact) mass is 404 g/mol. The molecule has 1 amide bonds. The summed E-state index contributed by atoms with van der Waals surface area (Å²) in [4.78, 5) is 43.1. The smallest absolute Gasteiger partial charge is 0.264 e. The molecule has 4 heterocycles. The molecule has 4 rings (SSSR count). The highest BCUT2D eigenvalue weighted by molar-refractivity contribution is 5.95. The van der Waals surface area contributed by atoms with Gasteiger partial charge < -0.3 is 14.4 Å². The maximum absolute atomic E-state index is 13.2. The summed E-state index contributed by atoms with van der Waals surface area (Å²) >= 11 is 0. The zero-order chi connectivity index (χ0) is 21.1. The molecule has 0 radical (unpaired) electrons. The van der Waals surface area contributed by atoms with Crippen molar-refractivity contribution in [3.8, 4) is 0 Å². The fourth-order valence-electron chi connectivity index (χ4n) is 3.56.